The molecular formula is C7H16O2Ti. The zero-order valence-electron chi connectivity index (χ0n) is 7.02. The summed E-state index contributed by atoms with van der Waals surface area (Å²) in [5.41, 5.74) is 0. The summed E-state index contributed by atoms with van der Waals surface area (Å²) in [4.78, 5) is 0. The van der Waals surface area contributed by atoms with Gasteiger partial charge in [-0.25, -0.2) is 0 Å². The first-order valence-electron chi connectivity index (χ1n) is 3.60. The van der Waals surface area contributed by atoms with Crippen molar-refractivity contribution >= 4 is 0 Å². The molecule has 0 radical (unpaired) electrons. The molecule has 60 valence electrons. The van der Waals surface area contributed by atoms with E-state index < -0.39 is 17.4 Å². The van der Waals surface area contributed by atoms with Gasteiger partial charge in [-0.1, -0.05) is 0 Å². The molecule has 0 atom stereocenters. The van der Waals surface area contributed by atoms with Gasteiger partial charge in [-0.05, 0) is 0 Å². The molecule has 2 nitrogen and oxygen atoms in total. The summed E-state index contributed by atoms with van der Waals surface area (Å²) in [6, 6.07) is 0. The van der Waals surface area contributed by atoms with Crippen molar-refractivity contribution in [3.63, 3.8) is 0 Å². The Bertz CT molecular complexity index is 97.8. The summed E-state index contributed by atoms with van der Waals surface area (Å²) in [6.45, 7) is 9.11. The van der Waals surface area contributed by atoms with E-state index in [4.69, 9.17) is 6.64 Å². The first-order valence-corrected chi connectivity index (χ1v) is 7.33. The van der Waals surface area contributed by atoms with Crippen molar-refractivity contribution in [1.82, 2.24) is 0 Å². The summed E-state index contributed by atoms with van der Waals surface area (Å²) in [7, 11) is 0. The topological polar surface area (TPSA) is 18.5 Å². The second kappa shape index (κ2) is 5.08. The molecule has 0 aliphatic heterocycles. The molecule has 0 aromatic heterocycles. The van der Waals surface area contributed by atoms with Gasteiger partial charge in [-0.2, -0.15) is 0 Å². The summed E-state index contributed by atoms with van der Waals surface area (Å²) in [6.07, 6.45) is 0. The van der Waals surface area contributed by atoms with Gasteiger partial charge < -0.3 is 0 Å². The van der Waals surface area contributed by atoms with Crippen molar-refractivity contribution < 1.29 is 24.0 Å². The fourth-order valence-electron chi connectivity index (χ4n) is 0.733. The maximum absolute atomic E-state index is 5.47. The summed E-state index contributed by atoms with van der Waals surface area (Å²) < 4.78 is 12.8. The molecule has 0 spiro atoms. The first kappa shape index (κ1) is 10.4. The standard InChI is InChI=1S/2C2H5O.C2H3.CH3.Ti/c2*1-2-3;1-2;;/h2*2H2,1H3;1H,2H2;1H3;/q2*-1;;;+2. The van der Waals surface area contributed by atoms with Crippen LogP contribution in [0.3, 0.4) is 0 Å². The number of hydrogen-bond acceptors (Lipinski definition) is 2. The van der Waals surface area contributed by atoms with E-state index in [9.17, 15) is 0 Å². The Morgan fingerprint density at radius 1 is 1.30 bits per heavy atom. The van der Waals surface area contributed by atoms with Crippen LogP contribution in [-0.2, 0) is 24.0 Å². The molecule has 0 aliphatic rings. The van der Waals surface area contributed by atoms with Crippen molar-refractivity contribution in [3.8, 4) is 0 Å². The normalized spacial score (nSPS) is 11.5. The fraction of sp³-hybridized carbons (Fsp3) is 0.714. The third-order valence-electron chi connectivity index (χ3n) is 1.23. The first-order chi connectivity index (χ1) is 4.68. The Hall–Kier alpha value is 0.374. The molecular weight excluding hydrogens is 164 g/mol. The monoisotopic (exact) mass is 180 g/mol. The number of rotatable bonds is 5. The van der Waals surface area contributed by atoms with Crippen molar-refractivity contribution in [3.05, 3.63) is 11.0 Å². The Morgan fingerprint density at radius 2 is 1.70 bits per heavy atom. The van der Waals surface area contributed by atoms with Crippen molar-refractivity contribution in [2.45, 2.75) is 19.1 Å². The van der Waals surface area contributed by atoms with Crippen LogP contribution in [0, 0.1) is 0 Å². The Morgan fingerprint density at radius 3 is 1.90 bits per heavy atom. The van der Waals surface area contributed by atoms with E-state index in [1.165, 1.54) is 0 Å². The fourth-order valence-corrected chi connectivity index (χ4v) is 3.02. The van der Waals surface area contributed by atoms with E-state index in [1.807, 2.05) is 23.5 Å². The van der Waals surface area contributed by atoms with Crippen LogP contribution in [0.15, 0.2) is 11.0 Å². The van der Waals surface area contributed by atoms with Gasteiger partial charge in [0, 0.05) is 0 Å². The third kappa shape index (κ3) is 3.52. The summed E-state index contributed by atoms with van der Waals surface area (Å²) in [5, 5.41) is 2.04. The molecule has 0 unspecified atom stereocenters. The van der Waals surface area contributed by atoms with E-state index in [0.717, 1.165) is 13.2 Å². The van der Waals surface area contributed by atoms with Gasteiger partial charge in [-0.3, -0.25) is 0 Å². The third-order valence-corrected chi connectivity index (χ3v) is 5.08. The average molecular weight is 180 g/mol. The zero-order valence-corrected chi connectivity index (χ0v) is 8.58. The second-order valence-corrected chi connectivity index (χ2v) is 6.80. The molecule has 0 fully saturated rings. The van der Waals surface area contributed by atoms with Gasteiger partial charge >= 0.3 is 67.3 Å². The van der Waals surface area contributed by atoms with Gasteiger partial charge in [0.25, 0.3) is 0 Å². The predicted octanol–water partition coefficient (Wildman–Crippen LogP) is 2.23. The van der Waals surface area contributed by atoms with Gasteiger partial charge in [-0.15, -0.1) is 0 Å². The molecule has 0 saturated heterocycles. The molecule has 0 rings (SSSR count). The minimum absolute atomic E-state index is 0.725. The van der Waals surface area contributed by atoms with Crippen molar-refractivity contribution in [1.29, 1.82) is 0 Å². The van der Waals surface area contributed by atoms with Crippen LogP contribution in [0.1, 0.15) is 13.8 Å². The zero-order chi connectivity index (χ0) is 8.04. The Balaban J connectivity index is 3.81. The van der Waals surface area contributed by atoms with E-state index in [-0.39, 0.29) is 0 Å². The Kier molecular flexibility index (Phi) is 5.27. The molecule has 0 aromatic rings. The molecule has 0 bridgehead atoms. The summed E-state index contributed by atoms with van der Waals surface area (Å²) in [5.74, 6) is 0. The molecule has 0 saturated carbocycles. The predicted molar refractivity (Wildman–Crippen MR) is 39.3 cm³/mol. The average Bonchev–Trinajstić information content (AvgIpc) is 1.89. The Labute approximate surface area is 67.5 Å². The van der Waals surface area contributed by atoms with E-state index in [1.54, 1.807) is 0 Å². The van der Waals surface area contributed by atoms with E-state index in [2.05, 4.69) is 6.58 Å². The van der Waals surface area contributed by atoms with Crippen LogP contribution in [0.25, 0.3) is 0 Å². The van der Waals surface area contributed by atoms with E-state index in [0.29, 0.717) is 0 Å². The van der Waals surface area contributed by atoms with Crippen LogP contribution in [0.5, 0.6) is 0 Å². The molecule has 0 amide bonds. The van der Waals surface area contributed by atoms with Gasteiger partial charge in [0.1, 0.15) is 0 Å². The van der Waals surface area contributed by atoms with Gasteiger partial charge in [0.05, 0.1) is 0 Å². The molecule has 0 N–H and O–H groups in total. The second-order valence-electron chi connectivity index (χ2n) is 2.09. The van der Waals surface area contributed by atoms with Gasteiger partial charge in [0.15, 0.2) is 0 Å². The molecule has 0 aliphatic carbocycles. The number of hydrogen-bond donors (Lipinski definition) is 0. The van der Waals surface area contributed by atoms with Crippen LogP contribution >= 0.6 is 0 Å². The molecule has 0 aromatic carbocycles. The minimum atomic E-state index is -2.44. The van der Waals surface area contributed by atoms with Crippen LogP contribution in [0.2, 0.25) is 5.23 Å². The quantitative estimate of drug-likeness (QED) is 0.604. The molecule has 0 heterocycles. The van der Waals surface area contributed by atoms with Crippen LogP contribution < -0.4 is 0 Å². The SMILES string of the molecule is C=[CH][Ti]([CH3])([O]CC)[O]CC. The van der Waals surface area contributed by atoms with E-state index >= 15 is 0 Å². The molecule has 3 heteroatoms. The van der Waals surface area contributed by atoms with Crippen LogP contribution in [-0.4, -0.2) is 13.2 Å². The maximum atomic E-state index is 5.47. The van der Waals surface area contributed by atoms with Gasteiger partial charge in [0.2, 0.25) is 0 Å². The van der Waals surface area contributed by atoms with Crippen LogP contribution in [0.4, 0.5) is 0 Å². The van der Waals surface area contributed by atoms with Crippen molar-refractivity contribution in [2.24, 2.45) is 0 Å². The van der Waals surface area contributed by atoms with Crippen molar-refractivity contribution in [2.75, 3.05) is 13.2 Å². The molecule has 10 heavy (non-hydrogen) atoms. The summed E-state index contributed by atoms with van der Waals surface area (Å²) >= 11 is -2.44.